The molecule has 2 N–H and O–H groups in total. The van der Waals surface area contributed by atoms with E-state index in [4.69, 9.17) is 4.74 Å². The molecule has 0 aliphatic carbocycles. The molecule has 1 heterocycles. The first-order valence-corrected chi connectivity index (χ1v) is 6.76. The van der Waals surface area contributed by atoms with Gasteiger partial charge in [0, 0.05) is 0 Å². The Balaban J connectivity index is 1.91. The van der Waals surface area contributed by atoms with E-state index in [-0.39, 0.29) is 0 Å². The molecule has 1 aliphatic heterocycles. The number of ether oxygens (including phenoxy) is 1. The number of carboxylic acid groups (broad SMARTS) is 1. The maximum absolute atomic E-state index is 11.5. The summed E-state index contributed by atoms with van der Waals surface area (Å²) in [4.78, 5) is 11.5. The van der Waals surface area contributed by atoms with Crippen LogP contribution in [0.2, 0.25) is 0 Å². The van der Waals surface area contributed by atoms with Gasteiger partial charge in [-0.1, -0.05) is 12.1 Å². The van der Waals surface area contributed by atoms with Gasteiger partial charge in [-0.15, -0.1) is 0 Å². The third-order valence-corrected chi connectivity index (χ3v) is 3.85. The third kappa shape index (κ3) is 3.47. The van der Waals surface area contributed by atoms with Crippen molar-refractivity contribution in [3.8, 4) is 5.75 Å². The van der Waals surface area contributed by atoms with Gasteiger partial charge in [0.05, 0.1) is 12.0 Å². The summed E-state index contributed by atoms with van der Waals surface area (Å²) in [7, 11) is 0. The van der Waals surface area contributed by atoms with Crippen LogP contribution in [-0.4, -0.2) is 30.8 Å². The summed E-state index contributed by atoms with van der Waals surface area (Å²) < 4.78 is 5.68. The summed E-state index contributed by atoms with van der Waals surface area (Å²) in [5.74, 6) is 0.122. The second kappa shape index (κ2) is 6.06. The monoisotopic (exact) mass is 263 g/mol. The van der Waals surface area contributed by atoms with E-state index in [1.165, 1.54) is 0 Å². The summed E-state index contributed by atoms with van der Waals surface area (Å²) in [5.41, 5.74) is 0.530. The highest BCUT2D eigenvalue weighted by atomic mass is 16.5. The minimum atomic E-state index is -0.693. The van der Waals surface area contributed by atoms with Gasteiger partial charge in [-0.25, -0.2) is 0 Å². The van der Waals surface area contributed by atoms with Crippen molar-refractivity contribution >= 4 is 5.97 Å². The molecule has 1 aromatic carbocycles. The molecule has 0 radical (unpaired) electrons. The van der Waals surface area contributed by atoms with Crippen LogP contribution in [0.3, 0.4) is 0 Å². The quantitative estimate of drug-likeness (QED) is 0.855. The molecule has 1 fully saturated rings. The summed E-state index contributed by atoms with van der Waals surface area (Å²) in [5, 5.41) is 12.7. The van der Waals surface area contributed by atoms with Gasteiger partial charge in [-0.3, -0.25) is 4.79 Å². The van der Waals surface area contributed by atoms with E-state index in [2.05, 4.69) is 5.32 Å². The van der Waals surface area contributed by atoms with Crippen molar-refractivity contribution in [3.05, 3.63) is 29.8 Å². The van der Waals surface area contributed by atoms with Crippen molar-refractivity contribution in [1.82, 2.24) is 5.32 Å². The molecule has 1 aromatic rings. The first kappa shape index (κ1) is 13.9. The summed E-state index contributed by atoms with van der Waals surface area (Å²) in [6, 6.07) is 7.83. The lowest BCUT2D eigenvalue weighted by Crippen LogP contribution is -2.43. The topological polar surface area (TPSA) is 58.6 Å². The summed E-state index contributed by atoms with van der Waals surface area (Å²) >= 11 is 0. The fraction of sp³-hybridized carbons (Fsp3) is 0.533. The first-order chi connectivity index (χ1) is 9.12. The Kier molecular flexibility index (Phi) is 4.43. The number of nitrogens with one attached hydrogen (secondary N) is 1. The Hall–Kier alpha value is -1.55. The van der Waals surface area contributed by atoms with Crippen LogP contribution in [0.5, 0.6) is 5.75 Å². The molecule has 104 valence electrons. The molecule has 0 saturated carbocycles. The molecule has 1 saturated heterocycles. The minimum Gasteiger partial charge on any atom is -0.494 e. The molecule has 4 heteroatoms. The predicted octanol–water partition coefficient (Wildman–Crippen LogP) is 2.22. The molecule has 0 bridgehead atoms. The van der Waals surface area contributed by atoms with E-state index in [1.54, 1.807) is 0 Å². The largest absolute Gasteiger partial charge is 0.494 e. The molecular formula is C15H21NO3. The van der Waals surface area contributed by atoms with Crippen molar-refractivity contribution in [2.45, 2.75) is 26.2 Å². The molecule has 2 rings (SSSR count). The van der Waals surface area contributed by atoms with Gasteiger partial charge >= 0.3 is 5.97 Å². The van der Waals surface area contributed by atoms with Gasteiger partial charge in [0.1, 0.15) is 5.75 Å². The molecule has 4 nitrogen and oxygen atoms in total. The molecular weight excluding hydrogens is 242 g/mol. The van der Waals surface area contributed by atoms with Crippen LogP contribution in [-0.2, 0) is 4.79 Å². The second-order valence-electron chi connectivity index (χ2n) is 5.25. The van der Waals surface area contributed by atoms with Gasteiger partial charge in [0.25, 0.3) is 0 Å². The van der Waals surface area contributed by atoms with Gasteiger partial charge in [0.2, 0.25) is 0 Å². The Labute approximate surface area is 113 Å². The highest BCUT2D eigenvalue weighted by molar-refractivity contribution is 5.74. The van der Waals surface area contributed by atoms with E-state index in [0.29, 0.717) is 25.9 Å². The fourth-order valence-electron chi connectivity index (χ4n) is 2.55. The number of aliphatic carboxylic acids is 1. The highest BCUT2D eigenvalue weighted by Crippen LogP contribution is 2.33. The Morgan fingerprint density at radius 1 is 1.42 bits per heavy atom. The molecule has 19 heavy (non-hydrogen) atoms. The Bertz CT molecular complexity index is 439. The standard InChI is InChI=1S/C15H21NO3/c1-12-3-2-4-13(11-12)19-10-7-15(14(17)18)5-8-16-9-6-15/h2-4,11,16H,5-10H2,1H3,(H,17,18). The number of piperidine rings is 1. The van der Waals surface area contributed by atoms with Crippen molar-refractivity contribution in [2.75, 3.05) is 19.7 Å². The van der Waals surface area contributed by atoms with Crippen LogP contribution in [0, 0.1) is 12.3 Å². The Morgan fingerprint density at radius 3 is 2.79 bits per heavy atom. The maximum Gasteiger partial charge on any atom is 0.309 e. The van der Waals surface area contributed by atoms with E-state index in [1.807, 2.05) is 31.2 Å². The lowest BCUT2D eigenvalue weighted by Gasteiger charge is -2.33. The van der Waals surface area contributed by atoms with Crippen LogP contribution in [0.15, 0.2) is 24.3 Å². The van der Waals surface area contributed by atoms with E-state index < -0.39 is 11.4 Å². The third-order valence-electron chi connectivity index (χ3n) is 3.85. The van der Waals surface area contributed by atoms with Gasteiger partial charge < -0.3 is 15.2 Å². The normalized spacial score (nSPS) is 17.9. The number of benzene rings is 1. The molecule has 1 aliphatic rings. The number of hydrogen-bond acceptors (Lipinski definition) is 3. The van der Waals surface area contributed by atoms with E-state index in [9.17, 15) is 9.90 Å². The van der Waals surface area contributed by atoms with E-state index in [0.717, 1.165) is 24.4 Å². The zero-order valence-electron chi connectivity index (χ0n) is 11.3. The van der Waals surface area contributed by atoms with Crippen molar-refractivity contribution in [2.24, 2.45) is 5.41 Å². The van der Waals surface area contributed by atoms with Crippen molar-refractivity contribution in [1.29, 1.82) is 0 Å². The number of carboxylic acids is 1. The molecule has 0 atom stereocenters. The minimum absolute atomic E-state index is 0.454. The van der Waals surface area contributed by atoms with Crippen LogP contribution < -0.4 is 10.1 Å². The smallest absolute Gasteiger partial charge is 0.309 e. The molecule has 0 unspecified atom stereocenters. The SMILES string of the molecule is Cc1cccc(OCCC2(C(=O)O)CCNCC2)c1. The number of hydrogen-bond donors (Lipinski definition) is 2. The summed E-state index contributed by atoms with van der Waals surface area (Å²) in [6.07, 6.45) is 1.93. The lowest BCUT2D eigenvalue weighted by molar-refractivity contribution is -0.151. The van der Waals surface area contributed by atoms with Crippen molar-refractivity contribution < 1.29 is 14.6 Å². The summed E-state index contributed by atoms with van der Waals surface area (Å²) in [6.45, 7) is 4.02. The average Bonchev–Trinajstić information content (AvgIpc) is 2.40. The predicted molar refractivity (Wildman–Crippen MR) is 73.5 cm³/mol. The van der Waals surface area contributed by atoms with Crippen molar-refractivity contribution in [3.63, 3.8) is 0 Å². The fourth-order valence-corrected chi connectivity index (χ4v) is 2.55. The number of rotatable bonds is 5. The van der Waals surface area contributed by atoms with E-state index >= 15 is 0 Å². The van der Waals surface area contributed by atoms with Gasteiger partial charge in [-0.2, -0.15) is 0 Å². The zero-order chi connectivity index (χ0) is 13.7. The second-order valence-corrected chi connectivity index (χ2v) is 5.25. The Morgan fingerprint density at radius 2 is 2.16 bits per heavy atom. The van der Waals surface area contributed by atoms with Crippen LogP contribution >= 0.6 is 0 Å². The first-order valence-electron chi connectivity index (χ1n) is 6.76. The van der Waals surface area contributed by atoms with Gasteiger partial charge in [-0.05, 0) is 57.0 Å². The number of carbonyl (C=O) groups is 1. The van der Waals surface area contributed by atoms with Crippen LogP contribution in [0.1, 0.15) is 24.8 Å². The van der Waals surface area contributed by atoms with Crippen LogP contribution in [0.4, 0.5) is 0 Å². The molecule has 0 amide bonds. The molecule has 0 spiro atoms. The van der Waals surface area contributed by atoms with Crippen LogP contribution in [0.25, 0.3) is 0 Å². The lowest BCUT2D eigenvalue weighted by atomic mass is 9.76. The number of aryl methyl sites for hydroxylation is 1. The van der Waals surface area contributed by atoms with Gasteiger partial charge in [0.15, 0.2) is 0 Å². The maximum atomic E-state index is 11.5. The highest BCUT2D eigenvalue weighted by Gasteiger charge is 2.39. The zero-order valence-corrected chi connectivity index (χ0v) is 11.3. The molecule has 0 aromatic heterocycles. The average molecular weight is 263 g/mol.